The summed E-state index contributed by atoms with van der Waals surface area (Å²) in [6.07, 6.45) is 2.75. The summed E-state index contributed by atoms with van der Waals surface area (Å²) in [4.78, 5) is 26.1. The Balaban J connectivity index is 1.64. The van der Waals surface area contributed by atoms with Gasteiger partial charge >= 0.3 is 0 Å². The fourth-order valence-corrected chi connectivity index (χ4v) is 3.97. The number of anilines is 2. The Hall–Kier alpha value is -2.35. The van der Waals surface area contributed by atoms with Crippen molar-refractivity contribution < 1.29 is 9.18 Å². The van der Waals surface area contributed by atoms with Crippen LogP contribution in [0.1, 0.15) is 17.8 Å². The average molecular weight is 418 g/mol. The van der Waals surface area contributed by atoms with Gasteiger partial charge in [-0.2, -0.15) is 11.8 Å². The number of benzene rings is 1. The molecule has 3 rings (SSSR count). The van der Waals surface area contributed by atoms with Crippen molar-refractivity contribution in [2.75, 3.05) is 48.4 Å². The van der Waals surface area contributed by atoms with Crippen molar-refractivity contribution >= 4 is 29.3 Å². The van der Waals surface area contributed by atoms with Crippen LogP contribution in [-0.2, 0) is 4.79 Å². The molecular weight excluding hydrogens is 389 g/mol. The molecule has 156 valence electrons. The summed E-state index contributed by atoms with van der Waals surface area (Å²) in [7, 11) is 0. The van der Waals surface area contributed by atoms with Gasteiger partial charge in [0.25, 0.3) is 0 Å². The summed E-state index contributed by atoms with van der Waals surface area (Å²) < 4.78 is 13.2. The minimum atomic E-state index is -0.346. The Bertz CT molecular complexity index is 804. The molecule has 0 aliphatic carbocycles. The highest BCUT2D eigenvalue weighted by Crippen LogP contribution is 2.18. The quantitative estimate of drug-likeness (QED) is 0.747. The van der Waals surface area contributed by atoms with Crippen LogP contribution in [0.25, 0.3) is 0 Å². The van der Waals surface area contributed by atoms with Crippen LogP contribution in [0.3, 0.4) is 0 Å². The molecule has 2 aromatic rings. The van der Waals surface area contributed by atoms with E-state index in [0.29, 0.717) is 25.5 Å². The van der Waals surface area contributed by atoms with E-state index in [1.165, 1.54) is 12.1 Å². The molecule has 1 amide bonds. The number of hydrogen-bond donors (Lipinski definition) is 1. The van der Waals surface area contributed by atoms with E-state index in [1.54, 1.807) is 23.9 Å². The lowest BCUT2D eigenvalue weighted by Gasteiger charge is -2.37. The highest BCUT2D eigenvalue weighted by atomic mass is 32.2. The van der Waals surface area contributed by atoms with E-state index in [9.17, 15) is 9.18 Å². The fourth-order valence-electron chi connectivity index (χ4n) is 3.50. The van der Waals surface area contributed by atoms with Crippen LogP contribution >= 0.6 is 11.8 Å². The van der Waals surface area contributed by atoms with Gasteiger partial charge in [-0.1, -0.05) is 0 Å². The Morgan fingerprint density at radius 2 is 1.76 bits per heavy atom. The zero-order valence-electron chi connectivity index (χ0n) is 17.2. The van der Waals surface area contributed by atoms with Crippen LogP contribution in [0.5, 0.6) is 0 Å². The van der Waals surface area contributed by atoms with Crippen molar-refractivity contribution in [3.8, 4) is 0 Å². The maximum absolute atomic E-state index is 13.2. The predicted molar refractivity (Wildman–Crippen MR) is 117 cm³/mol. The monoisotopic (exact) mass is 417 g/mol. The molecule has 0 spiro atoms. The predicted octanol–water partition coefficient (Wildman–Crippen LogP) is 3.11. The molecule has 1 fully saturated rings. The van der Waals surface area contributed by atoms with Crippen LogP contribution in [0.15, 0.2) is 30.3 Å². The molecule has 1 atom stereocenters. The Morgan fingerprint density at radius 3 is 2.34 bits per heavy atom. The first-order valence-electron chi connectivity index (χ1n) is 9.83. The molecule has 6 nitrogen and oxygen atoms in total. The molecule has 1 aliphatic heterocycles. The Labute approximate surface area is 175 Å². The van der Waals surface area contributed by atoms with E-state index in [1.807, 2.05) is 31.1 Å². The topological polar surface area (TPSA) is 61.4 Å². The van der Waals surface area contributed by atoms with E-state index in [-0.39, 0.29) is 17.8 Å². The third-order valence-corrected chi connectivity index (χ3v) is 5.62. The van der Waals surface area contributed by atoms with Crippen molar-refractivity contribution in [2.24, 2.45) is 0 Å². The van der Waals surface area contributed by atoms with E-state index in [2.05, 4.69) is 20.2 Å². The zero-order valence-corrected chi connectivity index (χ0v) is 18.0. The van der Waals surface area contributed by atoms with Crippen LogP contribution < -0.4 is 10.2 Å². The van der Waals surface area contributed by atoms with Gasteiger partial charge in [0.1, 0.15) is 11.9 Å². The van der Waals surface area contributed by atoms with Gasteiger partial charge in [-0.3, -0.25) is 4.79 Å². The SMILES string of the molecule is CSCC[C@@H](Nc1nc(C)cc(C)n1)C(=O)N1CCN(c2ccc(F)cc2)CC1. The van der Waals surface area contributed by atoms with Crippen LogP contribution in [0.2, 0.25) is 0 Å². The first kappa shape index (κ1) is 21.4. The van der Waals surface area contributed by atoms with Crippen molar-refractivity contribution in [1.82, 2.24) is 14.9 Å². The molecule has 0 saturated carbocycles. The Kier molecular flexibility index (Phi) is 7.30. The summed E-state index contributed by atoms with van der Waals surface area (Å²) >= 11 is 1.72. The van der Waals surface area contributed by atoms with E-state index >= 15 is 0 Å². The van der Waals surface area contributed by atoms with Gasteiger partial charge in [0.2, 0.25) is 11.9 Å². The molecular formula is C21H28FN5OS. The lowest BCUT2D eigenvalue weighted by Crippen LogP contribution is -2.53. The van der Waals surface area contributed by atoms with Crippen molar-refractivity contribution in [2.45, 2.75) is 26.3 Å². The maximum Gasteiger partial charge on any atom is 0.245 e. The first-order valence-corrected chi connectivity index (χ1v) is 11.2. The number of halogens is 1. The number of nitrogens with one attached hydrogen (secondary N) is 1. The van der Waals surface area contributed by atoms with E-state index in [0.717, 1.165) is 35.9 Å². The summed E-state index contributed by atoms with van der Waals surface area (Å²) in [5.74, 6) is 1.23. The molecule has 1 aromatic heterocycles. The number of aromatic nitrogens is 2. The van der Waals surface area contributed by atoms with Gasteiger partial charge in [-0.05, 0) is 62.6 Å². The van der Waals surface area contributed by atoms with Gasteiger partial charge in [0, 0.05) is 43.3 Å². The second-order valence-corrected chi connectivity index (χ2v) is 8.23. The standard InChI is InChI=1S/C21H28FN5OS/c1-15-14-16(2)24-21(23-15)25-19(8-13-29-3)20(28)27-11-9-26(10-12-27)18-6-4-17(22)5-7-18/h4-7,14,19H,8-13H2,1-3H3,(H,23,24,25)/t19-/m1/s1. The lowest BCUT2D eigenvalue weighted by atomic mass is 10.1. The Morgan fingerprint density at radius 1 is 1.14 bits per heavy atom. The molecule has 2 heterocycles. The molecule has 8 heteroatoms. The second kappa shape index (κ2) is 9.91. The summed E-state index contributed by atoms with van der Waals surface area (Å²) in [6, 6.07) is 8.08. The summed E-state index contributed by atoms with van der Waals surface area (Å²) in [5.41, 5.74) is 2.74. The number of aryl methyl sites for hydroxylation is 2. The number of carbonyl (C=O) groups excluding carboxylic acids is 1. The lowest BCUT2D eigenvalue weighted by molar-refractivity contribution is -0.132. The third-order valence-electron chi connectivity index (χ3n) is 4.98. The minimum Gasteiger partial charge on any atom is -0.368 e. The molecule has 0 bridgehead atoms. The average Bonchev–Trinajstić information content (AvgIpc) is 2.70. The molecule has 1 aliphatic rings. The largest absolute Gasteiger partial charge is 0.368 e. The second-order valence-electron chi connectivity index (χ2n) is 7.24. The zero-order chi connectivity index (χ0) is 20.8. The normalized spacial score (nSPS) is 15.3. The number of amides is 1. The molecule has 0 unspecified atom stereocenters. The van der Waals surface area contributed by atoms with Crippen LogP contribution in [-0.4, -0.2) is 65.0 Å². The van der Waals surface area contributed by atoms with E-state index in [4.69, 9.17) is 0 Å². The van der Waals surface area contributed by atoms with Crippen molar-refractivity contribution in [1.29, 1.82) is 0 Å². The maximum atomic E-state index is 13.2. The summed E-state index contributed by atoms with van der Waals surface area (Å²) in [6.45, 7) is 6.59. The fraction of sp³-hybridized carbons (Fsp3) is 0.476. The number of hydrogen-bond acceptors (Lipinski definition) is 6. The van der Waals surface area contributed by atoms with Gasteiger partial charge in [0.15, 0.2) is 0 Å². The molecule has 1 aromatic carbocycles. The van der Waals surface area contributed by atoms with Crippen molar-refractivity contribution in [3.63, 3.8) is 0 Å². The molecule has 1 N–H and O–H groups in total. The third kappa shape index (κ3) is 5.82. The smallest absolute Gasteiger partial charge is 0.245 e. The minimum absolute atomic E-state index is 0.0839. The van der Waals surface area contributed by atoms with Crippen molar-refractivity contribution in [3.05, 3.63) is 47.5 Å². The molecule has 0 radical (unpaired) electrons. The van der Waals surface area contributed by atoms with E-state index < -0.39 is 0 Å². The number of carbonyl (C=O) groups is 1. The number of piperazine rings is 1. The summed E-state index contributed by atoms with van der Waals surface area (Å²) in [5, 5.41) is 3.26. The molecule has 1 saturated heterocycles. The van der Waals surface area contributed by atoms with Crippen LogP contribution in [0, 0.1) is 19.7 Å². The number of rotatable bonds is 7. The molecule has 29 heavy (non-hydrogen) atoms. The van der Waals surface area contributed by atoms with Gasteiger partial charge in [-0.15, -0.1) is 0 Å². The first-order chi connectivity index (χ1) is 14.0. The van der Waals surface area contributed by atoms with Gasteiger partial charge in [-0.25, -0.2) is 14.4 Å². The number of thioether (sulfide) groups is 1. The highest BCUT2D eigenvalue weighted by Gasteiger charge is 2.28. The van der Waals surface area contributed by atoms with Gasteiger partial charge < -0.3 is 15.1 Å². The highest BCUT2D eigenvalue weighted by molar-refractivity contribution is 7.98. The number of nitrogens with zero attached hydrogens (tertiary/aromatic N) is 4. The van der Waals surface area contributed by atoms with Crippen LogP contribution in [0.4, 0.5) is 16.0 Å². The van der Waals surface area contributed by atoms with Gasteiger partial charge in [0.05, 0.1) is 0 Å².